The van der Waals surface area contributed by atoms with E-state index in [9.17, 15) is 9.90 Å². The molecule has 0 fully saturated rings. The second kappa shape index (κ2) is 5.73. The zero-order valence-electron chi connectivity index (χ0n) is 13.2. The van der Waals surface area contributed by atoms with Crippen LogP contribution in [-0.4, -0.2) is 20.9 Å². The van der Waals surface area contributed by atoms with E-state index in [1.165, 1.54) is 6.08 Å². The van der Waals surface area contributed by atoms with Crippen LogP contribution in [0, 0.1) is 10.8 Å². The average Bonchev–Trinajstić information content (AvgIpc) is 2.26. The van der Waals surface area contributed by atoms with Gasteiger partial charge in [0.05, 0.1) is 0 Å². The second-order valence-electron chi connectivity index (χ2n) is 7.30. The van der Waals surface area contributed by atoms with Gasteiger partial charge in [0.25, 0.3) is 0 Å². The summed E-state index contributed by atoms with van der Waals surface area (Å²) in [5.41, 5.74) is 0.640. The number of allylic oxidation sites excluding steroid dienone is 1. The van der Waals surface area contributed by atoms with Gasteiger partial charge in [-0.3, -0.25) is 4.79 Å². The van der Waals surface area contributed by atoms with Gasteiger partial charge in [-0.15, -0.1) is 0 Å². The van der Waals surface area contributed by atoms with Crippen LogP contribution in [0.15, 0.2) is 18.5 Å². The average molecular weight is 276 g/mol. The van der Waals surface area contributed by atoms with Crippen molar-refractivity contribution in [2.45, 2.75) is 48.0 Å². The minimum Gasteiger partial charge on any atom is -0.504 e. The van der Waals surface area contributed by atoms with Gasteiger partial charge in [-0.2, -0.15) is 0 Å². The van der Waals surface area contributed by atoms with E-state index in [1.807, 2.05) is 0 Å². The van der Waals surface area contributed by atoms with Crippen LogP contribution in [0.1, 0.15) is 52.9 Å². The van der Waals surface area contributed by atoms with E-state index >= 15 is 0 Å². The van der Waals surface area contributed by atoms with Gasteiger partial charge >= 0.3 is 0 Å². The summed E-state index contributed by atoms with van der Waals surface area (Å²) >= 11 is 0. The van der Waals surface area contributed by atoms with Crippen molar-refractivity contribution < 1.29 is 9.90 Å². The first-order valence-electron chi connectivity index (χ1n) is 6.75. The number of carbonyl (C=O) groups excluding carboxylic acids is 1. The summed E-state index contributed by atoms with van der Waals surface area (Å²) in [6, 6.07) is 0. The number of aromatic nitrogens is 2. The van der Waals surface area contributed by atoms with Gasteiger partial charge in [0.2, 0.25) is 0 Å². The van der Waals surface area contributed by atoms with E-state index in [4.69, 9.17) is 0 Å². The molecule has 0 aromatic carbocycles. The van der Waals surface area contributed by atoms with Gasteiger partial charge in [0.1, 0.15) is 0 Å². The van der Waals surface area contributed by atoms with Crippen molar-refractivity contribution >= 4 is 11.5 Å². The Hall–Kier alpha value is -1.71. The summed E-state index contributed by atoms with van der Waals surface area (Å²) in [4.78, 5) is 20.0. The van der Waals surface area contributed by atoms with Crippen LogP contribution >= 0.6 is 0 Å². The first-order chi connectivity index (χ1) is 8.99. The topological polar surface area (TPSA) is 63.1 Å². The third kappa shape index (κ3) is 5.11. The standard InChI is InChI=1S/C16H24N2O2/c1-15(2,3)8-11-9-17-14(18-10-11)12(19)7-13(20)16(4,5)6/h7,9-10,19H,8H2,1-6H3. The summed E-state index contributed by atoms with van der Waals surface area (Å²) in [6.45, 7) is 11.8. The van der Waals surface area contributed by atoms with Crippen LogP contribution in [0.25, 0.3) is 5.76 Å². The number of aliphatic hydroxyl groups is 1. The third-order valence-electron chi connectivity index (χ3n) is 2.68. The smallest absolute Gasteiger partial charge is 0.194 e. The molecular formula is C16H24N2O2. The maximum absolute atomic E-state index is 11.8. The van der Waals surface area contributed by atoms with Crippen molar-refractivity contribution in [2.75, 3.05) is 0 Å². The fourth-order valence-corrected chi connectivity index (χ4v) is 1.60. The molecule has 1 rings (SSSR count). The number of hydrogen-bond donors (Lipinski definition) is 1. The van der Waals surface area contributed by atoms with E-state index in [0.29, 0.717) is 0 Å². The predicted octanol–water partition coefficient (Wildman–Crippen LogP) is 3.58. The molecule has 20 heavy (non-hydrogen) atoms. The molecule has 1 aromatic rings. The van der Waals surface area contributed by atoms with Crippen molar-refractivity contribution in [3.05, 3.63) is 29.9 Å². The highest BCUT2D eigenvalue weighted by molar-refractivity contribution is 5.98. The van der Waals surface area contributed by atoms with E-state index in [2.05, 4.69) is 30.7 Å². The lowest BCUT2D eigenvalue weighted by molar-refractivity contribution is -0.121. The Labute approximate surface area is 121 Å². The minimum absolute atomic E-state index is 0.155. The molecule has 0 radical (unpaired) electrons. The lowest BCUT2D eigenvalue weighted by Gasteiger charge is -2.17. The van der Waals surface area contributed by atoms with Crippen molar-refractivity contribution in [3.63, 3.8) is 0 Å². The molecule has 0 aliphatic heterocycles. The molecule has 0 spiro atoms. The fraction of sp³-hybridized carbons (Fsp3) is 0.562. The van der Waals surface area contributed by atoms with E-state index in [-0.39, 0.29) is 22.8 Å². The van der Waals surface area contributed by atoms with Crippen LogP contribution in [0.2, 0.25) is 0 Å². The monoisotopic (exact) mass is 276 g/mol. The zero-order chi connectivity index (χ0) is 15.6. The highest BCUT2D eigenvalue weighted by atomic mass is 16.3. The van der Waals surface area contributed by atoms with Crippen LogP contribution in [0.4, 0.5) is 0 Å². The Morgan fingerprint density at radius 1 is 1.15 bits per heavy atom. The Balaban J connectivity index is 2.89. The Morgan fingerprint density at radius 3 is 2.05 bits per heavy atom. The van der Waals surface area contributed by atoms with Crippen LogP contribution in [0.3, 0.4) is 0 Å². The normalized spacial score (nSPS) is 13.4. The number of aliphatic hydroxyl groups excluding tert-OH is 1. The summed E-state index contributed by atoms with van der Waals surface area (Å²) in [6.07, 6.45) is 5.44. The van der Waals surface area contributed by atoms with E-state index in [1.54, 1.807) is 33.2 Å². The molecule has 1 aromatic heterocycles. The van der Waals surface area contributed by atoms with E-state index in [0.717, 1.165) is 12.0 Å². The van der Waals surface area contributed by atoms with Crippen LogP contribution in [-0.2, 0) is 11.2 Å². The van der Waals surface area contributed by atoms with Gasteiger partial charge in [-0.25, -0.2) is 9.97 Å². The molecule has 0 bridgehead atoms. The Kier molecular flexibility index (Phi) is 4.69. The predicted molar refractivity (Wildman–Crippen MR) is 80.3 cm³/mol. The van der Waals surface area contributed by atoms with E-state index < -0.39 is 5.41 Å². The molecule has 0 amide bonds. The quantitative estimate of drug-likeness (QED) is 0.677. The molecule has 4 heteroatoms. The van der Waals surface area contributed by atoms with Crippen LogP contribution < -0.4 is 0 Å². The largest absolute Gasteiger partial charge is 0.504 e. The van der Waals surface area contributed by atoms with Crippen LogP contribution in [0.5, 0.6) is 0 Å². The number of hydrogen-bond acceptors (Lipinski definition) is 4. The zero-order valence-corrected chi connectivity index (χ0v) is 13.2. The maximum Gasteiger partial charge on any atom is 0.194 e. The van der Waals surface area contributed by atoms with Gasteiger partial charge in [-0.05, 0) is 17.4 Å². The third-order valence-corrected chi connectivity index (χ3v) is 2.68. The molecule has 0 aliphatic rings. The first kappa shape index (κ1) is 16.3. The highest BCUT2D eigenvalue weighted by Crippen LogP contribution is 2.20. The van der Waals surface area contributed by atoms with Gasteiger partial charge in [0.15, 0.2) is 17.4 Å². The van der Waals surface area contributed by atoms with Crippen molar-refractivity contribution in [2.24, 2.45) is 10.8 Å². The number of ketones is 1. The lowest BCUT2D eigenvalue weighted by Crippen LogP contribution is -2.18. The SMILES string of the molecule is CC(C)(C)Cc1cnc(C(O)=CC(=O)C(C)(C)C)nc1. The summed E-state index contributed by atoms with van der Waals surface area (Å²) in [5.74, 6) is -0.162. The molecule has 0 atom stereocenters. The number of nitrogens with zero attached hydrogens (tertiary/aromatic N) is 2. The second-order valence-corrected chi connectivity index (χ2v) is 7.30. The Morgan fingerprint density at radius 2 is 1.65 bits per heavy atom. The molecule has 0 saturated carbocycles. The molecule has 0 aliphatic carbocycles. The van der Waals surface area contributed by atoms with Crippen molar-refractivity contribution in [1.82, 2.24) is 9.97 Å². The molecule has 0 saturated heterocycles. The summed E-state index contributed by atoms with van der Waals surface area (Å²) in [7, 11) is 0. The lowest BCUT2D eigenvalue weighted by atomic mass is 9.89. The minimum atomic E-state index is -0.528. The van der Waals surface area contributed by atoms with Gasteiger partial charge < -0.3 is 5.11 Å². The molecule has 1 heterocycles. The highest BCUT2D eigenvalue weighted by Gasteiger charge is 2.20. The molecule has 4 nitrogen and oxygen atoms in total. The summed E-state index contributed by atoms with van der Waals surface area (Å²) in [5, 5.41) is 9.89. The first-order valence-corrected chi connectivity index (χ1v) is 6.75. The van der Waals surface area contributed by atoms with Crippen molar-refractivity contribution in [3.8, 4) is 0 Å². The van der Waals surface area contributed by atoms with Gasteiger partial charge in [0, 0.05) is 23.9 Å². The number of rotatable bonds is 3. The fourth-order valence-electron chi connectivity index (χ4n) is 1.60. The van der Waals surface area contributed by atoms with Gasteiger partial charge in [-0.1, -0.05) is 41.5 Å². The number of carbonyl (C=O) groups is 1. The van der Waals surface area contributed by atoms with Crippen molar-refractivity contribution in [1.29, 1.82) is 0 Å². The molecular weight excluding hydrogens is 252 g/mol. The summed E-state index contributed by atoms with van der Waals surface area (Å²) < 4.78 is 0. The molecule has 1 N–H and O–H groups in total. The Bertz CT molecular complexity index is 503. The molecule has 0 unspecified atom stereocenters. The maximum atomic E-state index is 11.8. The molecule has 110 valence electrons.